The second-order valence-electron chi connectivity index (χ2n) is 6.49. The summed E-state index contributed by atoms with van der Waals surface area (Å²) in [5, 5.41) is 3.27. The van der Waals surface area contributed by atoms with Gasteiger partial charge in [0.2, 0.25) is 11.8 Å². The zero-order valence-corrected chi connectivity index (χ0v) is 13.6. The molecule has 1 saturated carbocycles. The van der Waals surface area contributed by atoms with Crippen LogP contribution in [0, 0.1) is 0 Å². The summed E-state index contributed by atoms with van der Waals surface area (Å²) in [6.45, 7) is 5.64. The Morgan fingerprint density at radius 1 is 1.33 bits per heavy atom. The third-order valence-electron chi connectivity index (χ3n) is 5.02. The first-order valence-corrected chi connectivity index (χ1v) is 8.34. The molecule has 2 unspecified atom stereocenters. The maximum atomic E-state index is 12.3. The molecule has 120 valence electrons. The van der Waals surface area contributed by atoms with Crippen LogP contribution in [0.15, 0.2) is 0 Å². The predicted octanol–water partition coefficient (Wildman–Crippen LogP) is 1.38. The number of carbonyl (C=O) groups excluding carboxylic acids is 2. The van der Waals surface area contributed by atoms with Gasteiger partial charge >= 0.3 is 0 Å². The van der Waals surface area contributed by atoms with Gasteiger partial charge in [0.05, 0.1) is 12.5 Å². The lowest BCUT2D eigenvalue weighted by Gasteiger charge is -2.25. The van der Waals surface area contributed by atoms with Crippen LogP contribution >= 0.6 is 0 Å². The number of nitrogens with one attached hydrogen (secondary N) is 1. The number of nitrogens with zero attached hydrogens (tertiary/aromatic N) is 2. The van der Waals surface area contributed by atoms with Crippen LogP contribution in [0.5, 0.6) is 0 Å². The van der Waals surface area contributed by atoms with Crippen LogP contribution in [-0.4, -0.2) is 59.9 Å². The lowest BCUT2D eigenvalue weighted by molar-refractivity contribution is -0.141. The lowest BCUT2D eigenvalue weighted by atomic mass is 10.2. The van der Waals surface area contributed by atoms with E-state index in [1.165, 1.54) is 30.6 Å². The van der Waals surface area contributed by atoms with Gasteiger partial charge in [0, 0.05) is 25.2 Å². The molecule has 1 aliphatic carbocycles. The Bertz CT molecular complexity index is 380. The summed E-state index contributed by atoms with van der Waals surface area (Å²) < 4.78 is 0. The maximum Gasteiger partial charge on any atom is 0.247 e. The standard InChI is InChI=1S/C16H29N3O2/c1-4-12(2)19-15(20)11-14(16(19)21)17-9-10-18(3)13-7-5-6-8-13/h12-14,17H,4-11H2,1-3H3. The zero-order valence-electron chi connectivity index (χ0n) is 13.6. The van der Waals surface area contributed by atoms with E-state index in [0.29, 0.717) is 12.5 Å². The van der Waals surface area contributed by atoms with Gasteiger partial charge in [0.15, 0.2) is 0 Å². The van der Waals surface area contributed by atoms with Gasteiger partial charge in [-0.2, -0.15) is 0 Å². The topological polar surface area (TPSA) is 52.7 Å². The Morgan fingerprint density at radius 3 is 2.62 bits per heavy atom. The van der Waals surface area contributed by atoms with Crippen LogP contribution in [0.4, 0.5) is 0 Å². The molecule has 21 heavy (non-hydrogen) atoms. The van der Waals surface area contributed by atoms with Gasteiger partial charge < -0.3 is 10.2 Å². The van der Waals surface area contributed by atoms with Gasteiger partial charge in [-0.1, -0.05) is 19.8 Å². The van der Waals surface area contributed by atoms with Crippen LogP contribution in [0.3, 0.4) is 0 Å². The SMILES string of the molecule is CCC(C)N1C(=O)CC(NCCN(C)C2CCCC2)C1=O. The molecule has 1 heterocycles. The van der Waals surface area contributed by atoms with E-state index in [4.69, 9.17) is 0 Å². The largest absolute Gasteiger partial charge is 0.304 e. The number of amides is 2. The molecule has 2 fully saturated rings. The van der Waals surface area contributed by atoms with Crippen molar-refractivity contribution in [2.75, 3.05) is 20.1 Å². The summed E-state index contributed by atoms with van der Waals surface area (Å²) in [6, 6.07) is 0.394. The zero-order chi connectivity index (χ0) is 15.4. The van der Waals surface area contributed by atoms with E-state index in [1.54, 1.807) is 0 Å². The molecule has 5 heteroatoms. The van der Waals surface area contributed by atoms with Crippen molar-refractivity contribution in [3.05, 3.63) is 0 Å². The molecular formula is C16H29N3O2. The molecule has 1 aliphatic heterocycles. The van der Waals surface area contributed by atoms with E-state index in [-0.39, 0.29) is 23.9 Å². The molecule has 0 aromatic rings. The maximum absolute atomic E-state index is 12.3. The third-order valence-corrected chi connectivity index (χ3v) is 5.02. The molecule has 5 nitrogen and oxygen atoms in total. The normalized spacial score (nSPS) is 25.3. The molecule has 2 aliphatic rings. The number of carbonyl (C=O) groups is 2. The van der Waals surface area contributed by atoms with Crippen molar-refractivity contribution in [1.29, 1.82) is 0 Å². The van der Waals surface area contributed by atoms with Crippen molar-refractivity contribution in [1.82, 2.24) is 15.1 Å². The Labute approximate surface area is 128 Å². The summed E-state index contributed by atoms with van der Waals surface area (Å²) in [7, 11) is 2.16. The average Bonchev–Trinajstić information content (AvgIpc) is 3.07. The van der Waals surface area contributed by atoms with E-state index < -0.39 is 0 Å². The van der Waals surface area contributed by atoms with E-state index in [1.807, 2.05) is 13.8 Å². The van der Waals surface area contributed by atoms with Crippen molar-refractivity contribution in [3.63, 3.8) is 0 Å². The van der Waals surface area contributed by atoms with Crippen molar-refractivity contribution in [2.45, 2.75) is 70.5 Å². The van der Waals surface area contributed by atoms with Crippen LogP contribution in [0.25, 0.3) is 0 Å². The molecule has 2 atom stereocenters. The molecule has 0 aromatic carbocycles. The third kappa shape index (κ3) is 3.83. The number of likely N-dealkylation sites (N-methyl/N-ethyl adjacent to an activating group) is 1. The van der Waals surface area contributed by atoms with Gasteiger partial charge in [-0.15, -0.1) is 0 Å². The second-order valence-corrected chi connectivity index (χ2v) is 6.49. The van der Waals surface area contributed by atoms with Crippen LogP contribution in [-0.2, 0) is 9.59 Å². The monoisotopic (exact) mass is 295 g/mol. The highest BCUT2D eigenvalue weighted by Gasteiger charge is 2.40. The highest BCUT2D eigenvalue weighted by molar-refractivity contribution is 6.05. The van der Waals surface area contributed by atoms with E-state index in [0.717, 1.165) is 19.5 Å². The fraction of sp³-hybridized carbons (Fsp3) is 0.875. The molecule has 0 aromatic heterocycles. The van der Waals surface area contributed by atoms with Gasteiger partial charge in [0.25, 0.3) is 0 Å². The Hall–Kier alpha value is -0.940. The Kier molecular flexibility index (Phi) is 5.76. The van der Waals surface area contributed by atoms with Crippen molar-refractivity contribution in [3.8, 4) is 0 Å². The highest BCUT2D eigenvalue weighted by atomic mass is 16.2. The molecule has 0 spiro atoms. The van der Waals surface area contributed by atoms with Crippen LogP contribution in [0.1, 0.15) is 52.4 Å². The van der Waals surface area contributed by atoms with Crippen molar-refractivity contribution in [2.24, 2.45) is 0 Å². The number of imide groups is 1. The Balaban J connectivity index is 1.76. The van der Waals surface area contributed by atoms with E-state index in [9.17, 15) is 9.59 Å². The van der Waals surface area contributed by atoms with Gasteiger partial charge in [-0.25, -0.2) is 0 Å². The fourth-order valence-electron chi connectivity index (χ4n) is 3.40. The van der Waals surface area contributed by atoms with Gasteiger partial charge in [-0.05, 0) is 33.2 Å². The molecular weight excluding hydrogens is 266 g/mol. The Morgan fingerprint density at radius 2 is 2.00 bits per heavy atom. The molecule has 2 amide bonds. The van der Waals surface area contributed by atoms with E-state index in [2.05, 4.69) is 17.3 Å². The quantitative estimate of drug-likeness (QED) is 0.721. The number of rotatable bonds is 7. The molecule has 0 radical (unpaired) electrons. The fourth-order valence-corrected chi connectivity index (χ4v) is 3.40. The van der Waals surface area contributed by atoms with Crippen LogP contribution in [0.2, 0.25) is 0 Å². The molecule has 1 N–H and O–H groups in total. The predicted molar refractivity (Wildman–Crippen MR) is 82.9 cm³/mol. The second kappa shape index (κ2) is 7.36. The van der Waals surface area contributed by atoms with Gasteiger partial charge in [-0.3, -0.25) is 14.5 Å². The smallest absolute Gasteiger partial charge is 0.247 e. The summed E-state index contributed by atoms with van der Waals surface area (Å²) in [5.41, 5.74) is 0. The first kappa shape index (κ1) is 16.4. The molecule has 2 rings (SSSR count). The number of hydrogen-bond donors (Lipinski definition) is 1. The first-order valence-electron chi connectivity index (χ1n) is 8.34. The number of hydrogen-bond acceptors (Lipinski definition) is 4. The minimum atomic E-state index is -0.316. The summed E-state index contributed by atoms with van der Waals surface area (Å²) >= 11 is 0. The van der Waals surface area contributed by atoms with E-state index >= 15 is 0 Å². The molecule has 0 bridgehead atoms. The van der Waals surface area contributed by atoms with Crippen molar-refractivity contribution < 1.29 is 9.59 Å². The van der Waals surface area contributed by atoms with Crippen LogP contribution < -0.4 is 5.32 Å². The minimum Gasteiger partial charge on any atom is -0.304 e. The lowest BCUT2D eigenvalue weighted by Crippen LogP contribution is -2.44. The summed E-state index contributed by atoms with van der Waals surface area (Å²) in [4.78, 5) is 28.1. The highest BCUT2D eigenvalue weighted by Crippen LogP contribution is 2.22. The summed E-state index contributed by atoms with van der Waals surface area (Å²) in [5.74, 6) is -0.0751. The van der Waals surface area contributed by atoms with Gasteiger partial charge in [0.1, 0.15) is 0 Å². The average molecular weight is 295 g/mol. The summed E-state index contributed by atoms with van der Waals surface area (Å²) in [6.07, 6.45) is 6.38. The molecule has 1 saturated heterocycles. The number of likely N-dealkylation sites (tertiary alicyclic amines) is 1. The minimum absolute atomic E-state index is 0.0120. The van der Waals surface area contributed by atoms with Crippen molar-refractivity contribution >= 4 is 11.8 Å². The first-order chi connectivity index (χ1) is 10.0.